The van der Waals surface area contributed by atoms with Gasteiger partial charge in [0.1, 0.15) is 5.82 Å². The molecule has 17 heavy (non-hydrogen) atoms. The molecule has 0 amide bonds. The van der Waals surface area contributed by atoms with Crippen molar-refractivity contribution in [2.45, 2.75) is 44.1 Å². The monoisotopic (exact) mass is 236 g/mol. The Balaban J connectivity index is 1.84. The molecule has 94 valence electrons. The molecule has 0 aromatic carbocycles. The van der Waals surface area contributed by atoms with Gasteiger partial charge in [0, 0.05) is 25.1 Å². The first-order chi connectivity index (χ1) is 8.38. The van der Waals surface area contributed by atoms with Crippen molar-refractivity contribution in [3.63, 3.8) is 0 Å². The van der Waals surface area contributed by atoms with Crippen LogP contribution in [0.1, 0.15) is 49.2 Å². The molecule has 1 saturated heterocycles. The lowest BCUT2D eigenvalue weighted by Gasteiger charge is -2.23. The van der Waals surface area contributed by atoms with Crippen molar-refractivity contribution in [3.8, 4) is 0 Å². The number of aromatic nitrogens is 2. The second kappa shape index (κ2) is 4.78. The number of hydrogen-bond donors (Lipinski definition) is 1. The molecule has 1 fully saturated rings. The van der Waals surface area contributed by atoms with E-state index in [2.05, 4.69) is 10.8 Å². The third-order valence-corrected chi connectivity index (χ3v) is 3.95. The Labute approximate surface area is 102 Å². The molecular weight excluding hydrogens is 216 g/mol. The first kappa shape index (κ1) is 11.2. The Morgan fingerprint density at radius 1 is 1.41 bits per heavy atom. The van der Waals surface area contributed by atoms with Gasteiger partial charge in [0.2, 0.25) is 0 Å². The molecule has 1 aromatic heterocycles. The number of nitrogens with zero attached hydrogens (tertiary/aromatic N) is 2. The molecule has 4 nitrogen and oxygen atoms in total. The number of imidazole rings is 1. The van der Waals surface area contributed by atoms with Crippen LogP contribution < -0.4 is 0 Å². The van der Waals surface area contributed by atoms with E-state index in [1.165, 1.54) is 12.1 Å². The van der Waals surface area contributed by atoms with E-state index in [0.29, 0.717) is 5.92 Å². The Morgan fingerprint density at radius 2 is 2.35 bits per heavy atom. The number of ether oxygens (including phenoxy) is 1. The number of hydrogen-bond acceptors (Lipinski definition) is 3. The van der Waals surface area contributed by atoms with Crippen molar-refractivity contribution >= 4 is 0 Å². The van der Waals surface area contributed by atoms with E-state index in [1.54, 1.807) is 0 Å². The zero-order valence-corrected chi connectivity index (χ0v) is 10.1. The molecule has 3 heterocycles. The second-order valence-corrected chi connectivity index (χ2v) is 5.13. The number of fused-ring (bicyclic) bond motifs is 1. The lowest BCUT2D eigenvalue weighted by molar-refractivity contribution is 0.0793. The highest BCUT2D eigenvalue weighted by Crippen LogP contribution is 2.29. The van der Waals surface area contributed by atoms with Crippen LogP contribution in [0.3, 0.4) is 0 Å². The maximum Gasteiger partial charge on any atom is 0.109 e. The molecule has 2 aliphatic rings. The summed E-state index contributed by atoms with van der Waals surface area (Å²) in [6.07, 6.45) is 7.72. The Bertz CT molecular complexity index is 383. The summed E-state index contributed by atoms with van der Waals surface area (Å²) in [5, 5.41) is 9.38. The van der Waals surface area contributed by atoms with E-state index in [1.807, 2.05) is 0 Å². The maximum atomic E-state index is 9.38. The summed E-state index contributed by atoms with van der Waals surface area (Å²) >= 11 is 0. The van der Waals surface area contributed by atoms with Gasteiger partial charge in [-0.3, -0.25) is 0 Å². The fraction of sp³-hybridized carbons (Fsp3) is 0.769. The van der Waals surface area contributed by atoms with E-state index < -0.39 is 0 Å². The fourth-order valence-corrected chi connectivity index (χ4v) is 2.94. The van der Waals surface area contributed by atoms with Gasteiger partial charge in [0.05, 0.1) is 24.9 Å². The molecule has 2 aliphatic heterocycles. The average molecular weight is 236 g/mol. The van der Waals surface area contributed by atoms with Crippen molar-refractivity contribution in [1.29, 1.82) is 0 Å². The van der Waals surface area contributed by atoms with E-state index >= 15 is 0 Å². The van der Waals surface area contributed by atoms with Crippen LogP contribution in [0, 0.1) is 0 Å². The molecule has 1 N–H and O–H groups in total. The topological polar surface area (TPSA) is 47.3 Å². The standard InChI is InChI=1S/C13H20N2O2/c16-8-11-4-1-5-13-14-12(7-15(11)13)10-3-2-6-17-9-10/h7,10-11,16H,1-6,8-9H2. The highest BCUT2D eigenvalue weighted by molar-refractivity contribution is 5.13. The predicted octanol–water partition coefficient (Wildman–Crippen LogP) is 1.65. The minimum absolute atomic E-state index is 0.226. The molecule has 0 bridgehead atoms. The Kier molecular flexibility index (Phi) is 3.16. The molecule has 2 unspecified atom stereocenters. The molecule has 0 saturated carbocycles. The molecule has 0 spiro atoms. The van der Waals surface area contributed by atoms with Gasteiger partial charge >= 0.3 is 0 Å². The van der Waals surface area contributed by atoms with E-state index in [-0.39, 0.29) is 12.6 Å². The van der Waals surface area contributed by atoms with Gasteiger partial charge in [-0.25, -0.2) is 4.98 Å². The molecular formula is C13H20N2O2. The summed E-state index contributed by atoms with van der Waals surface area (Å²) in [5.74, 6) is 1.61. The Hall–Kier alpha value is -0.870. The van der Waals surface area contributed by atoms with Gasteiger partial charge in [-0.1, -0.05) is 0 Å². The number of aliphatic hydroxyl groups excluding tert-OH is 1. The van der Waals surface area contributed by atoms with Crippen molar-refractivity contribution in [3.05, 3.63) is 17.7 Å². The normalized spacial score (nSPS) is 29.0. The van der Waals surface area contributed by atoms with Crippen LogP contribution in [-0.2, 0) is 11.2 Å². The van der Waals surface area contributed by atoms with Crippen LogP contribution in [0.5, 0.6) is 0 Å². The first-order valence-electron chi connectivity index (χ1n) is 6.64. The molecule has 1 aromatic rings. The minimum atomic E-state index is 0.226. The van der Waals surface area contributed by atoms with Gasteiger partial charge in [-0.05, 0) is 25.7 Å². The van der Waals surface area contributed by atoms with Gasteiger partial charge in [-0.2, -0.15) is 0 Å². The quantitative estimate of drug-likeness (QED) is 0.849. The van der Waals surface area contributed by atoms with Gasteiger partial charge in [0.15, 0.2) is 0 Å². The van der Waals surface area contributed by atoms with Crippen LogP contribution in [0.25, 0.3) is 0 Å². The Morgan fingerprint density at radius 3 is 3.12 bits per heavy atom. The molecule has 0 aliphatic carbocycles. The lowest BCUT2D eigenvalue weighted by atomic mass is 9.99. The van der Waals surface area contributed by atoms with E-state index in [0.717, 1.165) is 44.7 Å². The summed E-state index contributed by atoms with van der Waals surface area (Å²) in [5.41, 5.74) is 1.17. The summed E-state index contributed by atoms with van der Waals surface area (Å²) in [6.45, 7) is 1.92. The largest absolute Gasteiger partial charge is 0.394 e. The van der Waals surface area contributed by atoms with E-state index in [9.17, 15) is 5.11 Å². The zero-order chi connectivity index (χ0) is 11.7. The summed E-state index contributed by atoms with van der Waals surface area (Å²) < 4.78 is 7.71. The van der Waals surface area contributed by atoms with Crippen LogP contribution >= 0.6 is 0 Å². The van der Waals surface area contributed by atoms with Crippen molar-refractivity contribution in [2.24, 2.45) is 0 Å². The lowest BCUT2D eigenvalue weighted by Crippen LogP contribution is -2.20. The SMILES string of the molecule is OCC1CCCc2nc(C3CCCOC3)cn21. The smallest absolute Gasteiger partial charge is 0.109 e. The first-order valence-corrected chi connectivity index (χ1v) is 6.64. The molecule has 2 atom stereocenters. The zero-order valence-electron chi connectivity index (χ0n) is 10.1. The van der Waals surface area contributed by atoms with Crippen LogP contribution in [0.15, 0.2) is 6.20 Å². The molecule has 0 radical (unpaired) electrons. The van der Waals surface area contributed by atoms with Crippen LogP contribution in [-0.4, -0.2) is 34.5 Å². The minimum Gasteiger partial charge on any atom is -0.394 e. The van der Waals surface area contributed by atoms with Gasteiger partial charge in [0.25, 0.3) is 0 Å². The number of aliphatic hydroxyl groups is 1. The fourth-order valence-electron chi connectivity index (χ4n) is 2.94. The maximum absolute atomic E-state index is 9.38. The molecule has 3 rings (SSSR count). The van der Waals surface area contributed by atoms with Crippen LogP contribution in [0.4, 0.5) is 0 Å². The van der Waals surface area contributed by atoms with Crippen molar-refractivity contribution in [1.82, 2.24) is 9.55 Å². The summed E-state index contributed by atoms with van der Waals surface area (Å²) in [6, 6.07) is 0.240. The summed E-state index contributed by atoms with van der Waals surface area (Å²) in [4.78, 5) is 4.74. The third-order valence-electron chi connectivity index (χ3n) is 3.95. The third kappa shape index (κ3) is 2.11. The second-order valence-electron chi connectivity index (χ2n) is 5.13. The summed E-state index contributed by atoms with van der Waals surface area (Å²) in [7, 11) is 0. The molecule has 4 heteroatoms. The highest BCUT2D eigenvalue weighted by atomic mass is 16.5. The van der Waals surface area contributed by atoms with Crippen molar-refractivity contribution < 1.29 is 9.84 Å². The van der Waals surface area contributed by atoms with Gasteiger partial charge < -0.3 is 14.4 Å². The van der Waals surface area contributed by atoms with E-state index in [4.69, 9.17) is 9.72 Å². The van der Waals surface area contributed by atoms with Crippen molar-refractivity contribution in [2.75, 3.05) is 19.8 Å². The van der Waals surface area contributed by atoms with Crippen LogP contribution in [0.2, 0.25) is 0 Å². The number of aryl methyl sites for hydroxylation is 1. The predicted molar refractivity (Wildman–Crippen MR) is 64.1 cm³/mol. The van der Waals surface area contributed by atoms with Gasteiger partial charge in [-0.15, -0.1) is 0 Å². The highest BCUT2D eigenvalue weighted by Gasteiger charge is 2.25. The number of rotatable bonds is 2. The average Bonchev–Trinajstić information content (AvgIpc) is 2.83.